The molecule has 10 heavy (non-hydrogen) atoms. The fourth-order valence-corrected chi connectivity index (χ4v) is 0.797. The fourth-order valence-electron chi connectivity index (χ4n) is 0.797. The lowest BCUT2D eigenvalue weighted by molar-refractivity contribution is -0.902. The number of quaternary nitrogens is 1. The molecular weight excluding hydrogens is 245 g/mol. The molecule has 0 aromatic rings. The van der Waals surface area contributed by atoms with Gasteiger partial charge in [0.05, 0.1) is 13.1 Å². The van der Waals surface area contributed by atoms with Crippen molar-refractivity contribution in [2.24, 2.45) is 0 Å². The summed E-state index contributed by atoms with van der Waals surface area (Å²) in [5.74, 6) is 0. The van der Waals surface area contributed by atoms with Gasteiger partial charge in [-0.25, -0.2) is 0 Å². The van der Waals surface area contributed by atoms with Crippen LogP contribution in [0.1, 0.15) is 13.8 Å². The van der Waals surface area contributed by atoms with Crippen molar-refractivity contribution in [3.05, 3.63) is 0 Å². The zero-order chi connectivity index (χ0) is 7.28. The molecule has 3 nitrogen and oxygen atoms in total. The molecule has 0 spiro atoms. The molecule has 0 aliphatic carbocycles. The van der Waals surface area contributed by atoms with E-state index in [1.54, 1.807) is 0 Å². The minimum Gasteiger partial charge on any atom is -1.00 e. The molecule has 3 N–H and O–H groups in total. The molecule has 0 radical (unpaired) electrons. The Hall–Kier alpha value is 0.610. The van der Waals surface area contributed by atoms with Crippen LogP contribution in [0, 0.1) is 0 Å². The van der Waals surface area contributed by atoms with Gasteiger partial charge in [0.1, 0.15) is 6.54 Å². The van der Waals surface area contributed by atoms with E-state index < -0.39 is 6.29 Å². The number of nitrogens with one attached hydrogen (secondary N) is 1. The third kappa shape index (κ3) is 6.73. The monoisotopic (exact) mass is 261 g/mol. The Morgan fingerprint density at radius 3 is 1.70 bits per heavy atom. The third-order valence-electron chi connectivity index (χ3n) is 1.47. The fraction of sp³-hybridized carbons (Fsp3) is 1.00. The highest BCUT2D eigenvalue weighted by Crippen LogP contribution is 1.63. The Bertz CT molecular complexity index is 66.8. The van der Waals surface area contributed by atoms with Crippen LogP contribution in [0.3, 0.4) is 0 Å². The standard InChI is InChI=1S/C6H15NO2.HI/c1-3-7(4-2)5-6(8)9;/h6,8-9H,3-5H2,1-2H3;1H. The number of aliphatic hydroxyl groups is 2. The summed E-state index contributed by atoms with van der Waals surface area (Å²) in [4.78, 5) is 1.21. The van der Waals surface area contributed by atoms with E-state index in [2.05, 4.69) is 0 Å². The highest BCUT2D eigenvalue weighted by Gasteiger charge is 2.06. The van der Waals surface area contributed by atoms with E-state index in [0.29, 0.717) is 6.54 Å². The summed E-state index contributed by atoms with van der Waals surface area (Å²) in [6, 6.07) is 0. The van der Waals surface area contributed by atoms with Crippen LogP contribution in [0.25, 0.3) is 0 Å². The number of likely N-dealkylation sites (N-methyl/N-ethyl adjacent to an activating group) is 1. The summed E-state index contributed by atoms with van der Waals surface area (Å²) in [6.45, 7) is 6.40. The van der Waals surface area contributed by atoms with Crippen molar-refractivity contribution in [1.82, 2.24) is 0 Å². The Morgan fingerprint density at radius 1 is 1.20 bits per heavy atom. The molecule has 0 unspecified atom stereocenters. The largest absolute Gasteiger partial charge is 1.00 e. The van der Waals surface area contributed by atoms with Crippen LogP contribution in [0.4, 0.5) is 0 Å². The Labute approximate surface area is 79.1 Å². The molecular formula is C6H16INO2. The second-order valence-electron chi connectivity index (χ2n) is 2.14. The quantitative estimate of drug-likeness (QED) is 0.351. The summed E-state index contributed by atoms with van der Waals surface area (Å²) in [5.41, 5.74) is 0. The molecule has 4 heteroatoms. The SMILES string of the molecule is CC[NH+](CC)CC(O)O.[I-]. The Kier molecular flexibility index (Phi) is 10.2. The number of hydrogen-bond acceptors (Lipinski definition) is 2. The summed E-state index contributed by atoms with van der Waals surface area (Å²) >= 11 is 0. The van der Waals surface area contributed by atoms with Gasteiger partial charge in [-0.2, -0.15) is 0 Å². The van der Waals surface area contributed by atoms with Crippen molar-refractivity contribution < 1.29 is 39.1 Å². The topological polar surface area (TPSA) is 44.9 Å². The third-order valence-corrected chi connectivity index (χ3v) is 1.47. The average Bonchev–Trinajstić information content (AvgIpc) is 1.82. The zero-order valence-electron chi connectivity index (χ0n) is 6.47. The normalized spacial score (nSPS) is 10.2. The second-order valence-corrected chi connectivity index (χ2v) is 2.14. The first-order valence-corrected chi connectivity index (χ1v) is 3.40. The number of halogens is 1. The van der Waals surface area contributed by atoms with Gasteiger partial charge in [0.2, 0.25) is 6.29 Å². The van der Waals surface area contributed by atoms with Crippen LogP contribution >= 0.6 is 0 Å². The molecule has 0 fully saturated rings. The number of rotatable bonds is 4. The number of aliphatic hydroxyl groups excluding tert-OH is 1. The van der Waals surface area contributed by atoms with Gasteiger partial charge in [-0.3, -0.25) is 0 Å². The smallest absolute Gasteiger partial charge is 0.202 e. The van der Waals surface area contributed by atoms with Crippen molar-refractivity contribution >= 4 is 0 Å². The first-order valence-electron chi connectivity index (χ1n) is 3.40. The molecule has 0 aliphatic heterocycles. The maximum atomic E-state index is 8.52. The van der Waals surface area contributed by atoms with Crippen LogP contribution < -0.4 is 28.9 Å². The number of hydrogen-bond donors (Lipinski definition) is 3. The van der Waals surface area contributed by atoms with Gasteiger partial charge < -0.3 is 39.1 Å². The van der Waals surface area contributed by atoms with Gasteiger partial charge in [0.15, 0.2) is 0 Å². The summed E-state index contributed by atoms with van der Waals surface area (Å²) < 4.78 is 0. The average molecular weight is 261 g/mol. The predicted octanol–water partition coefficient (Wildman–Crippen LogP) is -4.77. The van der Waals surface area contributed by atoms with E-state index in [1.165, 1.54) is 4.90 Å². The van der Waals surface area contributed by atoms with Crippen LogP contribution in [-0.2, 0) is 0 Å². The Morgan fingerprint density at radius 2 is 1.60 bits per heavy atom. The second kappa shape index (κ2) is 7.71. The van der Waals surface area contributed by atoms with Crippen molar-refractivity contribution in [2.75, 3.05) is 19.6 Å². The maximum absolute atomic E-state index is 8.52. The van der Waals surface area contributed by atoms with E-state index >= 15 is 0 Å². The van der Waals surface area contributed by atoms with Gasteiger partial charge in [-0.15, -0.1) is 0 Å². The zero-order valence-corrected chi connectivity index (χ0v) is 8.63. The van der Waals surface area contributed by atoms with Gasteiger partial charge in [0, 0.05) is 0 Å². The summed E-state index contributed by atoms with van der Waals surface area (Å²) in [5, 5.41) is 17.0. The van der Waals surface area contributed by atoms with Gasteiger partial charge in [0.25, 0.3) is 0 Å². The minimum atomic E-state index is -1.15. The first kappa shape index (κ1) is 13.2. The molecule has 0 aromatic carbocycles. The molecule has 0 atom stereocenters. The summed E-state index contributed by atoms with van der Waals surface area (Å²) in [6.07, 6.45) is -1.15. The van der Waals surface area contributed by atoms with Crippen molar-refractivity contribution in [3.63, 3.8) is 0 Å². The maximum Gasteiger partial charge on any atom is 0.202 e. The van der Waals surface area contributed by atoms with Crippen molar-refractivity contribution in [2.45, 2.75) is 20.1 Å². The van der Waals surface area contributed by atoms with E-state index in [-0.39, 0.29) is 24.0 Å². The minimum absolute atomic E-state index is 0. The molecule has 0 amide bonds. The van der Waals surface area contributed by atoms with Crippen LogP contribution in [0.2, 0.25) is 0 Å². The molecule has 0 aromatic heterocycles. The highest BCUT2D eigenvalue weighted by atomic mass is 127. The molecule has 0 saturated carbocycles. The van der Waals surface area contributed by atoms with E-state index in [4.69, 9.17) is 10.2 Å². The van der Waals surface area contributed by atoms with Crippen molar-refractivity contribution in [1.29, 1.82) is 0 Å². The molecule has 0 saturated heterocycles. The Balaban J connectivity index is 0. The van der Waals surface area contributed by atoms with E-state index in [0.717, 1.165) is 13.1 Å². The van der Waals surface area contributed by atoms with E-state index in [9.17, 15) is 0 Å². The van der Waals surface area contributed by atoms with Gasteiger partial charge in [-0.05, 0) is 13.8 Å². The molecule has 64 valence electrons. The van der Waals surface area contributed by atoms with Gasteiger partial charge in [-0.1, -0.05) is 0 Å². The molecule has 0 bridgehead atoms. The van der Waals surface area contributed by atoms with Crippen LogP contribution in [0.15, 0.2) is 0 Å². The lowest BCUT2D eigenvalue weighted by atomic mass is 10.5. The lowest BCUT2D eigenvalue weighted by Crippen LogP contribution is -3.12. The van der Waals surface area contributed by atoms with Crippen LogP contribution in [-0.4, -0.2) is 36.1 Å². The predicted molar refractivity (Wildman–Crippen MR) is 35.1 cm³/mol. The molecule has 0 heterocycles. The molecule has 0 rings (SSSR count). The molecule has 0 aliphatic rings. The van der Waals surface area contributed by atoms with Crippen LogP contribution in [0.5, 0.6) is 0 Å². The first-order chi connectivity index (χ1) is 4.20. The summed E-state index contributed by atoms with van der Waals surface area (Å²) in [7, 11) is 0. The van der Waals surface area contributed by atoms with Crippen molar-refractivity contribution in [3.8, 4) is 0 Å². The highest BCUT2D eigenvalue weighted by molar-refractivity contribution is 4.27. The van der Waals surface area contributed by atoms with E-state index in [1.807, 2.05) is 13.8 Å². The van der Waals surface area contributed by atoms with Gasteiger partial charge >= 0.3 is 0 Å². The lowest BCUT2D eigenvalue weighted by Gasteiger charge is -2.15.